The molecule has 0 radical (unpaired) electrons. The number of nitrogens with one attached hydrogen (secondary N) is 4. The van der Waals surface area contributed by atoms with E-state index < -0.39 is 47.3 Å². The molecule has 2 rings (SSSR count). The Labute approximate surface area is 258 Å². The Morgan fingerprint density at radius 2 is 1.59 bits per heavy atom. The van der Waals surface area contributed by atoms with Gasteiger partial charge in [0.2, 0.25) is 17.7 Å². The molecular formula is C28H41N6O9P. The Balaban J connectivity index is 0.00000123. The number of ether oxygens (including phenoxy) is 2. The van der Waals surface area contributed by atoms with Crippen molar-refractivity contribution in [3.63, 3.8) is 0 Å². The summed E-state index contributed by atoms with van der Waals surface area (Å²) in [5.74, 6) is -2.42. The van der Waals surface area contributed by atoms with Gasteiger partial charge < -0.3 is 36.5 Å². The first-order valence-corrected chi connectivity index (χ1v) is 14.4. The van der Waals surface area contributed by atoms with Crippen molar-refractivity contribution in [2.75, 3.05) is 38.2 Å². The molecule has 44 heavy (non-hydrogen) atoms. The van der Waals surface area contributed by atoms with Crippen LogP contribution in [0.5, 0.6) is 0 Å². The largest absolute Gasteiger partial charge is 0.458 e. The highest BCUT2D eigenvalue weighted by Crippen LogP contribution is 2.11. The predicted molar refractivity (Wildman–Crippen MR) is 164 cm³/mol. The van der Waals surface area contributed by atoms with Crippen LogP contribution in [0.2, 0.25) is 0 Å². The van der Waals surface area contributed by atoms with Crippen molar-refractivity contribution >= 4 is 56.2 Å². The number of anilines is 1. The fraction of sp³-hybridized carbons (Fsp3) is 0.464. The number of amides is 7. The third kappa shape index (κ3) is 15.8. The Morgan fingerprint density at radius 3 is 2.11 bits per heavy atom. The van der Waals surface area contributed by atoms with E-state index in [9.17, 15) is 33.6 Å². The third-order valence-corrected chi connectivity index (χ3v) is 5.86. The standard InChI is InChI=1S/C24H31N4O8P.C4H10N2O/c1-15(2)22(27-18(29)9-11-35-12-10-28-20(31)7-8-21(28)32)23(33)25-13-19(30)26-17-5-3-16(4-6-17)14-36-24(34)37;1-2-3-6-4(5)7/h3-8,15,22H,9-14,37H2,1-2H3,(H,25,33)(H,26,30)(H,27,29);2-3H2,1H3,(H3,5,6,7). The minimum atomic E-state index is -0.857. The quantitative estimate of drug-likeness (QED) is 0.0983. The van der Waals surface area contributed by atoms with Crippen molar-refractivity contribution < 1.29 is 43.0 Å². The van der Waals surface area contributed by atoms with E-state index in [0.29, 0.717) is 12.2 Å². The molecule has 1 aliphatic rings. The van der Waals surface area contributed by atoms with Gasteiger partial charge in [0.05, 0.1) is 26.3 Å². The first-order chi connectivity index (χ1) is 20.8. The lowest BCUT2D eigenvalue weighted by molar-refractivity contribution is -0.138. The van der Waals surface area contributed by atoms with E-state index in [2.05, 4.69) is 21.3 Å². The summed E-state index contributed by atoms with van der Waals surface area (Å²) in [7, 11) is 1.92. The van der Waals surface area contributed by atoms with Crippen molar-refractivity contribution in [3.05, 3.63) is 42.0 Å². The van der Waals surface area contributed by atoms with Gasteiger partial charge in [-0.05, 0) is 39.3 Å². The van der Waals surface area contributed by atoms with Gasteiger partial charge in [-0.25, -0.2) is 9.59 Å². The van der Waals surface area contributed by atoms with Crippen LogP contribution in [0.3, 0.4) is 0 Å². The summed E-state index contributed by atoms with van der Waals surface area (Å²) >= 11 is 0. The maximum atomic E-state index is 12.6. The predicted octanol–water partition coefficient (Wildman–Crippen LogP) is 0.790. The van der Waals surface area contributed by atoms with Crippen LogP contribution in [0.15, 0.2) is 36.4 Å². The lowest BCUT2D eigenvalue weighted by Crippen LogP contribution is -2.51. The molecule has 6 N–H and O–H groups in total. The topological polar surface area (TPSA) is 215 Å². The summed E-state index contributed by atoms with van der Waals surface area (Å²) < 4.78 is 10.2. The Morgan fingerprint density at radius 1 is 0.955 bits per heavy atom. The molecule has 2 unspecified atom stereocenters. The molecule has 16 heteroatoms. The molecule has 0 aliphatic carbocycles. The lowest BCUT2D eigenvalue weighted by Gasteiger charge is -2.21. The molecule has 1 aliphatic heterocycles. The van der Waals surface area contributed by atoms with Crippen LogP contribution in [0.1, 0.15) is 39.2 Å². The van der Waals surface area contributed by atoms with Crippen molar-refractivity contribution in [2.45, 2.75) is 46.3 Å². The first-order valence-electron chi connectivity index (χ1n) is 13.9. The molecule has 0 fully saturated rings. The summed E-state index contributed by atoms with van der Waals surface area (Å²) in [6.07, 6.45) is 3.27. The number of imide groups is 1. The number of primary amides is 1. The van der Waals surface area contributed by atoms with Crippen LogP contribution in [0.25, 0.3) is 0 Å². The maximum Gasteiger partial charge on any atom is 0.320 e. The number of nitrogens with zero attached hydrogens (tertiary/aromatic N) is 1. The van der Waals surface area contributed by atoms with Crippen LogP contribution in [0, 0.1) is 5.92 Å². The van der Waals surface area contributed by atoms with E-state index in [1.807, 2.05) is 16.2 Å². The average molecular weight is 637 g/mol. The summed E-state index contributed by atoms with van der Waals surface area (Å²) in [5, 5.41) is 10.2. The zero-order valence-electron chi connectivity index (χ0n) is 25.1. The van der Waals surface area contributed by atoms with Crippen LogP contribution in [-0.4, -0.2) is 85.1 Å². The zero-order chi connectivity index (χ0) is 33.1. The molecule has 242 valence electrons. The summed E-state index contributed by atoms with van der Waals surface area (Å²) in [6, 6.07) is 5.37. The van der Waals surface area contributed by atoms with Crippen molar-refractivity contribution in [1.29, 1.82) is 0 Å². The van der Waals surface area contributed by atoms with Crippen LogP contribution < -0.4 is 27.0 Å². The smallest absolute Gasteiger partial charge is 0.320 e. The minimum absolute atomic E-state index is 0.0244. The number of urea groups is 1. The molecule has 2 atom stereocenters. The number of nitrogens with two attached hydrogens (primary N) is 1. The summed E-state index contributed by atoms with van der Waals surface area (Å²) in [4.78, 5) is 81.7. The number of hydrogen-bond acceptors (Lipinski definition) is 9. The molecule has 0 saturated heterocycles. The normalized spacial score (nSPS) is 12.6. The number of benzene rings is 1. The molecule has 0 bridgehead atoms. The van der Waals surface area contributed by atoms with Gasteiger partial charge >= 0.3 is 11.7 Å². The molecule has 0 spiro atoms. The monoisotopic (exact) mass is 636 g/mol. The van der Waals surface area contributed by atoms with Gasteiger partial charge in [0.1, 0.15) is 12.6 Å². The molecule has 15 nitrogen and oxygen atoms in total. The third-order valence-electron chi connectivity index (χ3n) is 5.69. The molecule has 7 amide bonds. The van der Waals surface area contributed by atoms with Gasteiger partial charge in [-0.2, -0.15) is 0 Å². The number of rotatable bonds is 16. The van der Waals surface area contributed by atoms with Gasteiger partial charge in [0, 0.05) is 30.8 Å². The lowest BCUT2D eigenvalue weighted by atomic mass is 10.0. The molecule has 0 saturated carbocycles. The Hall–Kier alpha value is -4.36. The minimum Gasteiger partial charge on any atom is -0.458 e. The zero-order valence-corrected chi connectivity index (χ0v) is 26.2. The molecular weight excluding hydrogens is 595 g/mol. The van der Waals surface area contributed by atoms with Gasteiger partial charge in [0.25, 0.3) is 11.8 Å². The molecule has 1 aromatic carbocycles. The number of hydrogen-bond donors (Lipinski definition) is 5. The second-order valence-corrected chi connectivity index (χ2v) is 10.1. The van der Waals surface area contributed by atoms with Crippen molar-refractivity contribution in [2.24, 2.45) is 11.7 Å². The van der Waals surface area contributed by atoms with Gasteiger partial charge in [0.15, 0.2) is 0 Å². The second kappa shape index (κ2) is 20.5. The summed E-state index contributed by atoms with van der Waals surface area (Å²) in [5.41, 5.74) is 5.51. The second-order valence-electron chi connectivity index (χ2n) is 9.67. The van der Waals surface area contributed by atoms with E-state index in [1.165, 1.54) is 12.2 Å². The highest BCUT2D eigenvalue weighted by molar-refractivity contribution is 7.39. The first kappa shape index (κ1) is 37.7. The van der Waals surface area contributed by atoms with Gasteiger partial charge in [-0.15, -0.1) is 0 Å². The number of carbonyl (C=O) groups is 7. The highest BCUT2D eigenvalue weighted by atomic mass is 31.0. The molecule has 1 heterocycles. The Bertz CT molecular complexity index is 1170. The van der Waals surface area contributed by atoms with Crippen LogP contribution in [-0.2, 0) is 40.1 Å². The highest BCUT2D eigenvalue weighted by Gasteiger charge is 2.25. The SMILES string of the molecule is CC(C)C(NC(=O)CCOCCN1C(=O)C=CC1=O)C(=O)NCC(=O)Nc1ccc(COC(=O)P)cc1.CCCNC(N)=O. The van der Waals surface area contributed by atoms with E-state index in [4.69, 9.17) is 15.2 Å². The number of carbonyl (C=O) groups excluding carboxylic acids is 7. The van der Waals surface area contributed by atoms with Crippen molar-refractivity contribution in [1.82, 2.24) is 20.9 Å². The van der Waals surface area contributed by atoms with E-state index >= 15 is 0 Å². The van der Waals surface area contributed by atoms with Crippen LogP contribution in [0.4, 0.5) is 15.3 Å². The summed E-state index contributed by atoms with van der Waals surface area (Å²) in [6.45, 7) is 6.20. The van der Waals surface area contributed by atoms with E-state index in [1.54, 1.807) is 38.1 Å². The van der Waals surface area contributed by atoms with Crippen molar-refractivity contribution in [3.8, 4) is 0 Å². The fourth-order valence-electron chi connectivity index (χ4n) is 3.42. The van der Waals surface area contributed by atoms with Crippen LogP contribution >= 0.6 is 9.24 Å². The van der Waals surface area contributed by atoms with Gasteiger partial charge in [-0.1, -0.05) is 32.9 Å². The fourth-order valence-corrected chi connectivity index (χ4v) is 3.51. The van der Waals surface area contributed by atoms with Gasteiger partial charge in [-0.3, -0.25) is 28.9 Å². The maximum absolute atomic E-state index is 12.6. The molecule has 0 aromatic heterocycles. The Kier molecular flexibility index (Phi) is 17.6. The van der Waals surface area contributed by atoms with E-state index in [0.717, 1.165) is 16.9 Å². The molecule has 1 aromatic rings. The van der Waals surface area contributed by atoms with E-state index in [-0.39, 0.29) is 45.2 Å². The average Bonchev–Trinajstić information content (AvgIpc) is 3.29.